The minimum absolute atomic E-state index is 0.359. The first-order valence-corrected chi connectivity index (χ1v) is 7.48. The molecule has 2 atom stereocenters. The van der Waals surface area contributed by atoms with E-state index in [0.717, 1.165) is 18.5 Å². The van der Waals surface area contributed by atoms with Gasteiger partial charge in [0.05, 0.1) is 0 Å². The summed E-state index contributed by atoms with van der Waals surface area (Å²) >= 11 is 0. The monoisotopic (exact) mass is 250 g/mol. The fourth-order valence-corrected chi connectivity index (χ4v) is 2.86. The molecule has 1 heterocycles. The van der Waals surface area contributed by atoms with Crippen LogP contribution in [0, 0.1) is 11.3 Å². The molecule has 0 radical (unpaired) electrons. The Kier molecular flexibility index (Phi) is 4.18. The standard InChI is InChI=1S/C16H30N2/c1-12(2)8-9-18-11-15(16(3,4)5)17-10-14(18)13-6-7-13/h8,13-15,17H,6-7,9-11H2,1-5H3. The molecule has 0 aromatic carbocycles. The van der Waals surface area contributed by atoms with Gasteiger partial charge in [0.25, 0.3) is 0 Å². The lowest BCUT2D eigenvalue weighted by Gasteiger charge is -2.45. The first kappa shape index (κ1) is 14.1. The third-order valence-corrected chi connectivity index (χ3v) is 4.41. The number of hydrogen-bond donors (Lipinski definition) is 1. The van der Waals surface area contributed by atoms with Crippen molar-refractivity contribution in [3.05, 3.63) is 11.6 Å². The molecule has 2 unspecified atom stereocenters. The Hall–Kier alpha value is -0.340. The van der Waals surface area contributed by atoms with Gasteiger partial charge in [-0.25, -0.2) is 0 Å². The SMILES string of the molecule is CC(C)=CCN1CC(C(C)(C)C)NCC1C1CC1. The Bertz CT molecular complexity index is 306. The fraction of sp³-hybridized carbons (Fsp3) is 0.875. The van der Waals surface area contributed by atoms with Gasteiger partial charge in [0, 0.05) is 31.7 Å². The molecule has 0 amide bonds. The Balaban J connectivity index is 2.01. The van der Waals surface area contributed by atoms with E-state index in [0.29, 0.717) is 11.5 Å². The molecule has 2 fully saturated rings. The Labute approximate surface area is 113 Å². The van der Waals surface area contributed by atoms with Gasteiger partial charge in [-0.15, -0.1) is 0 Å². The molecule has 0 aromatic rings. The van der Waals surface area contributed by atoms with Crippen LogP contribution in [0.1, 0.15) is 47.5 Å². The number of nitrogens with zero attached hydrogens (tertiary/aromatic N) is 1. The molecule has 1 aliphatic carbocycles. The number of piperazine rings is 1. The van der Waals surface area contributed by atoms with E-state index in [1.54, 1.807) is 0 Å². The van der Waals surface area contributed by atoms with Crippen molar-refractivity contribution in [1.29, 1.82) is 0 Å². The van der Waals surface area contributed by atoms with Crippen LogP contribution in [0.3, 0.4) is 0 Å². The van der Waals surface area contributed by atoms with E-state index < -0.39 is 0 Å². The summed E-state index contributed by atoms with van der Waals surface area (Å²) in [5.41, 5.74) is 1.80. The normalized spacial score (nSPS) is 30.3. The maximum atomic E-state index is 3.79. The van der Waals surface area contributed by atoms with Gasteiger partial charge in [0.1, 0.15) is 0 Å². The zero-order valence-corrected chi connectivity index (χ0v) is 12.8. The van der Waals surface area contributed by atoms with Crippen molar-refractivity contribution in [2.45, 2.75) is 59.5 Å². The van der Waals surface area contributed by atoms with Crippen LogP contribution in [0.25, 0.3) is 0 Å². The first-order chi connectivity index (χ1) is 8.38. The molecule has 1 aliphatic heterocycles. The smallest absolute Gasteiger partial charge is 0.0252 e. The Morgan fingerprint density at radius 3 is 2.44 bits per heavy atom. The summed E-state index contributed by atoms with van der Waals surface area (Å²) in [5.74, 6) is 0.962. The molecule has 2 heteroatoms. The van der Waals surface area contributed by atoms with Gasteiger partial charge in [-0.1, -0.05) is 32.4 Å². The van der Waals surface area contributed by atoms with E-state index in [9.17, 15) is 0 Å². The van der Waals surface area contributed by atoms with Crippen molar-refractivity contribution in [3.63, 3.8) is 0 Å². The largest absolute Gasteiger partial charge is 0.311 e. The lowest BCUT2D eigenvalue weighted by atomic mass is 9.84. The van der Waals surface area contributed by atoms with Crippen molar-refractivity contribution in [3.8, 4) is 0 Å². The number of rotatable bonds is 3. The summed E-state index contributed by atoms with van der Waals surface area (Å²) in [4.78, 5) is 2.72. The van der Waals surface area contributed by atoms with Crippen molar-refractivity contribution < 1.29 is 0 Å². The summed E-state index contributed by atoms with van der Waals surface area (Å²) in [7, 11) is 0. The average Bonchev–Trinajstić information content (AvgIpc) is 3.08. The summed E-state index contributed by atoms with van der Waals surface area (Å²) in [6.07, 6.45) is 5.27. The summed E-state index contributed by atoms with van der Waals surface area (Å²) in [6, 6.07) is 1.40. The molecule has 2 nitrogen and oxygen atoms in total. The lowest BCUT2D eigenvalue weighted by Crippen LogP contribution is -2.60. The first-order valence-electron chi connectivity index (χ1n) is 7.48. The second-order valence-corrected chi connectivity index (χ2v) is 7.47. The van der Waals surface area contributed by atoms with E-state index in [1.807, 2.05) is 0 Å². The summed E-state index contributed by atoms with van der Waals surface area (Å²) in [6.45, 7) is 15.0. The predicted octanol–water partition coefficient (Wildman–Crippen LogP) is 3.05. The van der Waals surface area contributed by atoms with Gasteiger partial charge >= 0.3 is 0 Å². The van der Waals surface area contributed by atoms with E-state index in [4.69, 9.17) is 0 Å². The fourth-order valence-electron chi connectivity index (χ4n) is 2.86. The maximum absolute atomic E-state index is 3.79. The highest BCUT2D eigenvalue weighted by atomic mass is 15.2. The van der Waals surface area contributed by atoms with Crippen LogP contribution in [-0.4, -0.2) is 36.6 Å². The quantitative estimate of drug-likeness (QED) is 0.775. The predicted molar refractivity (Wildman–Crippen MR) is 78.8 cm³/mol. The second-order valence-electron chi connectivity index (χ2n) is 7.47. The molecule has 0 bridgehead atoms. The lowest BCUT2D eigenvalue weighted by molar-refractivity contribution is 0.0849. The molecule has 0 aromatic heterocycles. The topological polar surface area (TPSA) is 15.3 Å². The van der Waals surface area contributed by atoms with E-state index in [2.05, 4.69) is 50.9 Å². The molecular weight excluding hydrogens is 220 g/mol. The molecule has 1 N–H and O–H groups in total. The molecule has 18 heavy (non-hydrogen) atoms. The number of hydrogen-bond acceptors (Lipinski definition) is 2. The average molecular weight is 250 g/mol. The van der Waals surface area contributed by atoms with Crippen LogP contribution >= 0.6 is 0 Å². The second kappa shape index (κ2) is 5.34. The molecule has 104 valence electrons. The Morgan fingerprint density at radius 1 is 1.28 bits per heavy atom. The molecule has 0 spiro atoms. The Morgan fingerprint density at radius 2 is 1.94 bits per heavy atom. The van der Waals surface area contributed by atoms with Gasteiger partial charge in [-0.3, -0.25) is 4.90 Å². The molecule has 1 saturated carbocycles. The van der Waals surface area contributed by atoms with Crippen molar-refractivity contribution >= 4 is 0 Å². The minimum atomic E-state index is 0.359. The number of nitrogens with one attached hydrogen (secondary N) is 1. The van der Waals surface area contributed by atoms with Crippen LogP contribution < -0.4 is 5.32 Å². The van der Waals surface area contributed by atoms with Crippen molar-refractivity contribution in [1.82, 2.24) is 10.2 Å². The van der Waals surface area contributed by atoms with Crippen LogP contribution in [-0.2, 0) is 0 Å². The molecule has 2 rings (SSSR count). The minimum Gasteiger partial charge on any atom is -0.311 e. The van der Waals surface area contributed by atoms with E-state index in [1.165, 1.54) is 31.5 Å². The van der Waals surface area contributed by atoms with Crippen LogP contribution in [0.2, 0.25) is 0 Å². The van der Waals surface area contributed by atoms with Gasteiger partial charge in [0.2, 0.25) is 0 Å². The number of allylic oxidation sites excluding steroid dienone is 1. The van der Waals surface area contributed by atoms with Crippen LogP contribution in [0.15, 0.2) is 11.6 Å². The summed E-state index contributed by atoms with van der Waals surface area (Å²) in [5, 5.41) is 3.79. The highest BCUT2D eigenvalue weighted by Crippen LogP contribution is 2.37. The van der Waals surface area contributed by atoms with E-state index in [-0.39, 0.29) is 0 Å². The maximum Gasteiger partial charge on any atom is 0.0252 e. The molecular formula is C16H30N2. The van der Waals surface area contributed by atoms with Crippen molar-refractivity contribution in [2.75, 3.05) is 19.6 Å². The highest BCUT2D eigenvalue weighted by molar-refractivity contribution is 5.02. The third kappa shape index (κ3) is 3.58. The van der Waals surface area contributed by atoms with Gasteiger partial charge in [-0.05, 0) is 38.0 Å². The highest BCUT2D eigenvalue weighted by Gasteiger charge is 2.40. The van der Waals surface area contributed by atoms with Crippen LogP contribution in [0.5, 0.6) is 0 Å². The van der Waals surface area contributed by atoms with Gasteiger partial charge in [0.15, 0.2) is 0 Å². The van der Waals surface area contributed by atoms with Gasteiger partial charge in [-0.2, -0.15) is 0 Å². The molecule has 2 aliphatic rings. The molecule has 1 saturated heterocycles. The van der Waals surface area contributed by atoms with Crippen molar-refractivity contribution in [2.24, 2.45) is 11.3 Å². The van der Waals surface area contributed by atoms with E-state index >= 15 is 0 Å². The summed E-state index contributed by atoms with van der Waals surface area (Å²) < 4.78 is 0. The van der Waals surface area contributed by atoms with Crippen LogP contribution in [0.4, 0.5) is 0 Å². The van der Waals surface area contributed by atoms with Gasteiger partial charge < -0.3 is 5.32 Å². The zero-order valence-electron chi connectivity index (χ0n) is 12.8. The third-order valence-electron chi connectivity index (χ3n) is 4.41. The zero-order chi connectivity index (χ0) is 13.3.